The molecule has 3 nitrogen and oxygen atoms in total. The molecule has 2 N–H and O–H groups in total. The lowest BCUT2D eigenvalue weighted by molar-refractivity contribution is 0.251. The highest BCUT2D eigenvalue weighted by Crippen LogP contribution is 2.32. The number of nitrogens with one attached hydrogen (secondary N) is 1. The number of hydrogen-bond acceptors (Lipinski definition) is 3. The minimum absolute atomic E-state index is 0.400. The van der Waals surface area contributed by atoms with Crippen LogP contribution in [-0.2, 0) is 6.42 Å². The second-order valence-electron chi connectivity index (χ2n) is 6.16. The number of aryl methyl sites for hydroxylation is 1. The molecule has 1 aromatic rings. The molecule has 2 atom stereocenters. The molecule has 2 aliphatic rings. The lowest BCUT2D eigenvalue weighted by Gasteiger charge is -2.30. The van der Waals surface area contributed by atoms with Crippen molar-refractivity contribution < 1.29 is 5.11 Å². The number of fused-ring (bicyclic) bond motifs is 1. The Balaban J connectivity index is 1.64. The van der Waals surface area contributed by atoms with Crippen molar-refractivity contribution in [1.82, 2.24) is 10.2 Å². The molecule has 1 aliphatic carbocycles. The van der Waals surface area contributed by atoms with Crippen molar-refractivity contribution in [1.29, 1.82) is 0 Å². The summed E-state index contributed by atoms with van der Waals surface area (Å²) in [4.78, 5) is 2.59. The van der Waals surface area contributed by atoms with Crippen molar-refractivity contribution in [3.05, 3.63) is 29.3 Å². The normalized spacial score (nSPS) is 26.6. The first kappa shape index (κ1) is 13.9. The van der Waals surface area contributed by atoms with Crippen molar-refractivity contribution in [2.75, 3.05) is 19.6 Å². The first-order chi connectivity index (χ1) is 9.78. The highest BCUT2D eigenvalue weighted by Gasteiger charge is 2.25. The summed E-state index contributed by atoms with van der Waals surface area (Å²) in [6.45, 7) is 5.79. The van der Waals surface area contributed by atoms with Crippen molar-refractivity contribution in [2.24, 2.45) is 0 Å². The number of nitrogens with zero attached hydrogens (tertiary/aromatic N) is 1. The zero-order chi connectivity index (χ0) is 13.9. The average molecular weight is 274 g/mol. The van der Waals surface area contributed by atoms with Gasteiger partial charge in [-0.25, -0.2) is 0 Å². The van der Waals surface area contributed by atoms with E-state index in [1.807, 2.05) is 12.1 Å². The van der Waals surface area contributed by atoms with Gasteiger partial charge in [0.25, 0.3) is 0 Å². The number of phenols is 1. The van der Waals surface area contributed by atoms with Gasteiger partial charge in [0, 0.05) is 18.6 Å². The second kappa shape index (κ2) is 6.15. The summed E-state index contributed by atoms with van der Waals surface area (Å²) < 4.78 is 0. The third-order valence-corrected chi connectivity index (χ3v) is 4.95. The van der Waals surface area contributed by atoms with Crippen LogP contribution >= 0.6 is 0 Å². The van der Waals surface area contributed by atoms with Gasteiger partial charge in [0.15, 0.2) is 0 Å². The van der Waals surface area contributed by atoms with Crippen LogP contribution in [0.1, 0.15) is 49.8 Å². The fraction of sp³-hybridized carbons (Fsp3) is 0.647. The summed E-state index contributed by atoms with van der Waals surface area (Å²) in [5.74, 6) is 0.400. The van der Waals surface area contributed by atoms with Crippen LogP contribution in [0.5, 0.6) is 5.75 Å². The Labute approximate surface area is 122 Å². The third kappa shape index (κ3) is 2.84. The summed E-state index contributed by atoms with van der Waals surface area (Å²) in [6.07, 6.45) is 6.21. The Hall–Kier alpha value is -1.06. The van der Waals surface area contributed by atoms with Crippen molar-refractivity contribution in [2.45, 2.75) is 51.1 Å². The first-order valence-corrected chi connectivity index (χ1v) is 8.07. The zero-order valence-electron chi connectivity index (χ0n) is 12.4. The Kier molecular flexibility index (Phi) is 4.27. The third-order valence-electron chi connectivity index (χ3n) is 4.95. The summed E-state index contributed by atoms with van der Waals surface area (Å²) in [5, 5.41) is 13.4. The van der Waals surface area contributed by atoms with E-state index in [2.05, 4.69) is 23.2 Å². The van der Waals surface area contributed by atoms with Gasteiger partial charge in [0.1, 0.15) is 5.75 Å². The van der Waals surface area contributed by atoms with Crippen molar-refractivity contribution >= 4 is 0 Å². The van der Waals surface area contributed by atoms with Gasteiger partial charge in [-0.05, 0) is 68.5 Å². The van der Waals surface area contributed by atoms with E-state index in [1.54, 1.807) is 0 Å². The maximum atomic E-state index is 9.62. The fourth-order valence-corrected chi connectivity index (χ4v) is 3.83. The molecule has 0 bridgehead atoms. The fourth-order valence-electron chi connectivity index (χ4n) is 3.83. The molecule has 2 unspecified atom stereocenters. The van der Waals surface area contributed by atoms with Gasteiger partial charge < -0.3 is 10.4 Å². The molecule has 1 saturated heterocycles. The number of aromatic hydroxyl groups is 1. The Morgan fingerprint density at radius 3 is 3.05 bits per heavy atom. The number of benzene rings is 1. The van der Waals surface area contributed by atoms with Crippen LogP contribution in [-0.4, -0.2) is 35.7 Å². The molecule has 0 spiro atoms. The molecule has 0 radical (unpaired) electrons. The van der Waals surface area contributed by atoms with Gasteiger partial charge >= 0.3 is 0 Å². The van der Waals surface area contributed by atoms with E-state index in [-0.39, 0.29) is 0 Å². The van der Waals surface area contributed by atoms with Crippen LogP contribution in [0.3, 0.4) is 0 Å². The molecule has 0 aromatic heterocycles. The van der Waals surface area contributed by atoms with Crippen LogP contribution in [0.15, 0.2) is 18.2 Å². The predicted octanol–water partition coefficient (Wildman–Crippen LogP) is 2.84. The summed E-state index contributed by atoms with van der Waals surface area (Å²) in [6, 6.07) is 7.05. The van der Waals surface area contributed by atoms with Crippen LogP contribution in [0.4, 0.5) is 0 Å². The van der Waals surface area contributed by atoms with Gasteiger partial charge in [-0.1, -0.05) is 13.0 Å². The van der Waals surface area contributed by atoms with Crippen LogP contribution in [0, 0.1) is 0 Å². The molecule has 1 fully saturated rings. The summed E-state index contributed by atoms with van der Waals surface area (Å²) in [5.41, 5.74) is 2.72. The highest BCUT2D eigenvalue weighted by atomic mass is 16.3. The smallest absolute Gasteiger partial charge is 0.115 e. The van der Waals surface area contributed by atoms with Gasteiger partial charge in [-0.2, -0.15) is 0 Å². The van der Waals surface area contributed by atoms with Gasteiger partial charge in [0.05, 0.1) is 0 Å². The van der Waals surface area contributed by atoms with E-state index in [1.165, 1.54) is 49.9 Å². The Bertz CT molecular complexity index is 460. The summed E-state index contributed by atoms with van der Waals surface area (Å²) in [7, 11) is 0. The van der Waals surface area contributed by atoms with Gasteiger partial charge in [0.2, 0.25) is 0 Å². The van der Waals surface area contributed by atoms with E-state index in [0.717, 1.165) is 13.0 Å². The maximum Gasteiger partial charge on any atom is 0.115 e. The topological polar surface area (TPSA) is 35.5 Å². The molecular formula is C17H26N2O. The lowest BCUT2D eigenvalue weighted by atomic mass is 9.87. The van der Waals surface area contributed by atoms with E-state index in [0.29, 0.717) is 17.8 Å². The maximum absolute atomic E-state index is 9.62. The largest absolute Gasteiger partial charge is 0.508 e. The minimum Gasteiger partial charge on any atom is -0.508 e. The van der Waals surface area contributed by atoms with E-state index in [4.69, 9.17) is 0 Å². The van der Waals surface area contributed by atoms with Crippen LogP contribution in [0.25, 0.3) is 0 Å². The SMILES string of the molecule is CCN1CCCC1CNC1CCCc2cc(O)ccc21. The van der Waals surface area contributed by atoms with E-state index in [9.17, 15) is 5.11 Å². The molecule has 1 aromatic carbocycles. The molecule has 0 saturated carbocycles. The molecular weight excluding hydrogens is 248 g/mol. The number of hydrogen-bond donors (Lipinski definition) is 2. The highest BCUT2D eigenvalue weighted by molar-refractivity contribution is 5.38. The molecule has 1 heterocycles. The van der Waals surface area contributed by atoms with Crippen LogP contribution in [0.2, 0.25) is 0 Å². The average Bonchev–Trinajstić information content (AvgIpc) is 2.92. The number of likely N-dealkylation sites (tertiary alicyclic amines) is 1. The zero-order valence-corrected chi connectivity index (χ0v) is 12.4. The van der Waals surface area contributed by atoms with Crippen molar-refractivity contribution in [3.8, 4) is 5.75 Å². The van der Waals surface area contributed by atoms with Crippen LogP contribution < -0.4 is 5.32 Å². The molecule has 110 valence electrons. The predicted molar refractivity (Wildman–Crippen MR) is 82.1 cm³/mol. The molecule has 20 heavy (non-hydrogen) atoms. The molecule has 1 aliphatic heterocycles. The Morgan fingerprint density at radius 1 is 1.30 bits per heavy atom. The standard InChI is InChI=1S/C17H26N2O/c1-2-19-10-4-6-14(19)12-18-17-7-3-5-13-11-15(20)8-9-16(13)17/h8-9,11,14,17-18,20H,2-7,10,12H2,1H3. The molecule has 3 rings (SSSR count). The quantitative estimate of drug-likeness (QED) is 0.886. The first-order valence-electron chi connectivity index (χ1n) is 8.07. The minimum atomic E-state index is 0.400. The Morgan fingerprint density at radius 2 is 2.20 bits per heavy atom. The monoisotopic (exact) mass is 274 g/mol. The van der Waals surface area contributed by atoms with Crippen molar-refractivity contribution in [3.63, 3.8) is 0 Å². The lowest BCUT2D eigenvalue weighted by Crippen LogP contribution is -2.39. The second-order valence-corrected chi connectivity index (χ2v) is 6.16. The molecule has 0 amide bonds. The number of likely N-dealkylation sites (N-methyl/N-ethyl adjacent to an activating group) is 1. The van der Waals surface area contributed by atoms with Gasteiger partial charge in [-0.3, -0.25) is 4.90 Å². The summed E-state index contributed by atoms with van der Waals surface area (Å²) >= 11 is 0. The number of rotatable bonds is 4. The van der Waals surface area contributed by atoms with E-state index < -0.39 is 0 Å². The van der Waals surface area contributed by atoms with Gasteiger partial charge in [-0.15, -0.1) is 0 Å². The number of phenolic OH excluding ortho intramolecular Hbond substituents is 1. The molecule has 3 heteroatoms. The van der Waals surface area contributed by atoms with E-state index >= 15 is 0 Å².